The van der Waals surface area contributed by atoms with Gasteiger partial charge in [0.15, 0.2) is 0 Å². The number of carbonyl (C=O) groups is 3. The van der Waals surface area contributed by atoms with E-state index in [1.807, 2.05) is 51.1 Å². The molecule has 0 N–H and O–H groups in total. The van der Waals surface area contributed by atoms with Gasteiger partial charge in [-0.25, -0.2) is 14.5 Å². The number of benzene rings is 2. The Kier molecular flexibility index (Phi) is 7.36. The first kappa shape index (κ1) is 25.0. The molecule has 1 saturated heterocycles. The molecule has 2 atom stereocenters. The van der Waals surface area contributed by atoms with Crippen LogP contribution in [-0.4, -0.2) is 58.7 Å². The Hall–Kier alpha value is -3.06. The third kappa shape index (κ3) is 6.34. The highest BCUT2D eigenvalue weighted by Gasteiger charge is 2.44. The Balaban J connectivity index is 1.62. The smallest absolute Gasteiger partial charge is 0.417 e. The van der Waals surface area contributed by atoms with E-state index in [9.17, 15) is 14.4 Å². The molecule has 0 radical (unpaired) electrons. The normalized spacial score (nSPS) is 18.7. The molecule has 186 valence electrons. The van der Waals surface area contributed by atoms with Gasteiger partial charge in [-0.15, -0.1) is 0 Å². The van der Waals surface area contributed by atoms with E-state index in [4.69, 9.17) is 21.1 Å². The third-order valence-corrected chi connectivity index (χ3v) is 6.33. The van der Waals surface area contributed by atoms with Crippen molar-refractivity contribution in [3.63, 3.8) is 0 Å². The first-order valence-corrected chi connectivity index (χ1v) is 12.3. The van der Waals surface area contributed by atoms with E-state index in [0.717, 1.165) is 18.4 Å². The molecule has 1 saturated carbocycles. The second kappa shape index (κ2) is 10.3. The number of hydrogen-bond acceptors (Lipinski definition) is 5. The van der Waals surface area contributed by atoms with Crippen LogP contribution in [0.5, 0.6) is 0 Å². The highest BCUT2D eigenvalue weighted by molar-refractivity contribution is 6.30. The maximum Gasteiger partial charge on any atom is 0.417 e. The van der Waals surface area contributed by atoms with Crippen LogP contribution in [-0.2, 0) is 20.7 Å². The number of imide groups is 1. The molecule has 1 heterocycles. The molecular formula is C27H31ClN2O5. The number of carbonyl (C=O) groups excluding carboxylic acids is 3. The number of nitrogens with zero attached hydrogens (tertiary/aromatic N) is 2. The Morgan fingerprint density at radius 1 is 1.11 bits per heavy atom. The first-order chi connectivity index (χ1) is 16.6. The highest BCUT2D eigenvalue weighted by atomic mass is 35.5. The summed E-state index contributed by atoms with van der Waals surface area (Å²) in [6.45, 7) is 5.66. The molecule has 2 aliphatic rings. The molecule has 2 aromatic carbocycles. The van der Waals surface area contributed by atoms with E-state index in [2.05, 4.69) is 0 Å². The number of ether oxygens (including phenoxy) is 2. The molecule has 1 aliphatic carbocycles. The van der Waals surface area contributed by atoms with Crippen LogP contribution in [0.1, 0.15) is 50.7 Å². The van der Waals surface area contributed by atoms with Crippen molar-refractivity contribution in [2.24, 2.45) is 0 Å². The number of halogens is 1. The van der Waals surface area contributed by atoms with Gasteiger partial charge in [0.25, 0.3) is 0 Å². The van der Waals surface area contributed by atoms with Gasteiger partial charge in [-0.1, -0.05) is 54.1 Å². The molecule has 0 bridgehead atoms. The van der Waals surface area contributed by atoms with E-state index >= 15 is 0 Å². The zero-order valence-corrected chi connectivity index (χ0v) is 21.0. The van der Waals surface area contributed by atoms with E-state index in [0.29, 0.717) is 17.0 Å². The zero-order valence-electron chi connectivity index (χ0n) is 20.3. The second-order valence-corrected chi connectivity index (χ2v) is 10.5. The van der Waals surface area contributed by atoms with Crippen LogP contribution in [0, 0.1) is 0 Å². The van der Waals surface area contributed by atoms with Gasteiger partial charge < -0.3 is 14.4 Å². The van der Waals surface area contributed by atoms with Gasteiger partial charge in [0.1, 0.15) is 12.2 Å². The van der Waals surface area contributed by atoms with Crippen molar-refractivity contribution in [1.29, 1.82) is 0 Å². The predicted molar refractivity (Wildman–Crippen MR) is 132 cm³/mol. The quantitative estimate of drug-likeness (QED) is 0.510. The predicted octanol–water partition coefficient (Wildman–Crippen LogP) is 5.41. The fourth-order valence-electron chi connectivity index (χ4n) is 4.23. The standard InChI is InChI=1S/C27H31ClN2O5/c1-27(2,3)35-25(32)29(21-13-14-21)16-23(19-9-11-20(28)12-10-19)24(31)30-22(17-34-26(30)33)15-18-7-5-4-6-8-18/h4-12,21-23H,13-17H2,1-3H3/t22-,23-/m1/s1. The van der Waals surface area contributed by atoms with Gasteiger partial charge in [-0.2, -0.15) is 0 Å². The maximum atomic E-state index is 13.9. The van der Waals surface area contributed by atoms with Crippen LogP contribution >= 0.6 is 11.6 Å². The summed E-state index contributed by atoms with van der Waals surface area (Å²) < 4.78 is 10.9. The van der Waals surface area contributed by atoms with Gasteiger partial charge in [0.05, 0.1) is 12.0 Å². The van der Waals surface area contributed by atoms with Crippen LogP contribution in [0.2, 0.25) is 5.02 Å². The summed E-state index contributed by atoms with van der Waals surface area (Å²) in [5.74, 6) is -1.17. The first-order valence-electron chi connectivity index (χ1n) is 11.9. The maximum absolute atomic E-state index is 13.9. The minimum atomic E-state index is -0.774. The van der Waals surface area contributed by atoms with Crippen molar-refractivity contribution in [3.8, 4) is 0 Å². The second-order valence-electron chi connectivity index (χ2n) is 10.1. The molecule has 2 aromatic rings. The average Bonchev–Trinajstić information content (AvgIpc) is 3.57. The monoisotopic (exact) mass is 498 g/mol. The van der Waals surface area contributed by atoms with Crippen LogP contribution < -0.4 is 0 Å². The SMILES string of the molecule is CC(C)(C)OC(=O)N(C[C@@H](C(=O)N1C(=O)OC[C@H]1Cc1ccccc1)c1ccc(Cl)cc1)C1CC1. The summed E-state index contributed by atoms with van der Waals surface area (Å²) in [5.41, 5.74) is 1.01. The minimum Gasteiger partial charge on any atom is -0.447 e. The number of rotatable bonds is 7. The highest BCUT2D eigenvalue weighted by Crippen LogP contribution is 2.33. The number of amides is 3. The molecule has 35 heavy (non-hydrogen) atoms. The van der Waals surface area contributed by atoms with Gasteiger partial charge in [-0.3, -0.25) is 4.79 Å². The minimum absolute atomic E-state index is 0.0121. The fraction of sp³-hybridized carbons (Fsp3) is 0.444. The zero-order chi connectivity index (χ0) is 25.2. The van der Waals surface area contributed by atoms with E-state index in [1.165, 1.54) is 4.90 Å². The lowest BCUT2D eigenvalue weighted by molar-refractivity contribution is -0.131. The van der Waals surface area contributed by atoms with Gasteiger partial charge in [-0.05, 0) is 63.3 Å². The van der Waals surface area contributed by atoms with Crippen LogP contribution in [0.15, 0.2) is 54.6 Å². The molecular weight excluding hydrogens is 468 g/mol. The molecule has 0 spiro atoms. The summed E-state index contributed by atoms with van der Waals surface area (Å²) in [7, 11) is 0. The van der Waals surface area contributed by atoms with E-state index in [1.54, 1.807) is 29.2 Å². The van der Waals surface area contributed by atoms with E-state index < -0.39 is 35.7 Å². The Morgan fingerprint density at radius 3 is 2.37 bits per heavy atom. The van der Waals surface area contributed by atoms with Crippen molar-refractivity contribution < 1.29 is 23.9 Å². The molecule has 4 rings (SSSR count). The summed E-state index contributed by atoms with van der Waals surface area (Å²) in [5, 5.41) is 0.536. The van der Waals surface area contributed by atoms with Crippen molar-refractivity contribution in [1.82, 2.24) is 9.80 Å². The Labute approximate surface area is 210 Å². The lowest BCUT2D eigenvalue weighted by atomic mass is 9.95. The van der Waals surface area contributed by atoms with Crippen LogP contribution in [0.3, 0.4) is 0 Å². The van der Waals surface area contributed by atoms with Crippen LogP contribution in [0.4, 0.5) is 9.59 Å². The Bertz CT molecular complexity index is 1060. The van der Waals surface area contributed by atoms with E-state index in [-0.39, 0.29) is 19.2 Å². The lowest BCUT2D eigenvalue weighted by Crippen LogP contribution is -2.47. The molecule has 2 fully saturated rings. The summed E-state index contributed by atoms with van der Waals surface area (Å²) in [4.78, 5) is 42.5. The lowest BCUT2D eigenvalue weighted by Gasteiger charge is -2.32. The average molecular weight is 499 g/mol. The van der Waals surface area contributed by atoms with Crippen molar-refractivity contribution >= 4 is 29.7 Å². The van der Waals surface area contributed by atoms with Gasteiger partial charge in [0.2, 0.25) is 5.91 Å². The molecule has 1 aliphatic heterocycles. The molecule has 8 heteroatoms. The topological polar surface area (TPSA) is 76.2 Å². The number of cyclic esters (lactones) is 1. The van der Waals surface area contributed by atoms with Gasteiger partial charge >= 0.3 is 12.2 Å². The van der Waals surface area contributed by atoms with Crippen molar-refractivity contribution in [3.05, 3.63) is 70.7 Å². The van der Waals surface area contributed by atoms with Gasteiger partial charge in [0, 0.05) is 17.6 Å². The van der Waals surface area contributed by atoms with Crippen molar-refractivity contribution in [2.75, 3.05) is 13.2 Å². The number of hydrogen-bond donors (Lipinski definition) is 0. The summed E-state index contributed by atoms with van der Waals surface area (Å²) in [6, 6.07) is 16.2. The summed E-state index contributed by atoms with van der Waals surface area (Å²) >= 11 is 6.09. The molecule has 0 aromatic heterocycles. The van der Waals surface area contributed by atoms with Crippen LogP contribution in [0.25, 0.3) is 0 Å². The summed E-state index contributed by atoms with van der Waals surface area (Å²) in [6.07, 6.45) is 1.07. The molecule has 0 unspecified atom stereocenters. The fourth-order valence-corrected chi connectivity index (χ4v) is 4.36. The Morgan fingerprint density at radius 2 is 1.77 bits per heavy atom. The van der Waals surface area contributed by atoms with Crippen molar-refractivity contribution in [2.45, 2.75) is 63.6 Å². The third-order valence-electron chi connectivity index (χ3n) is 6.08. The largest absolute Gasteiger partial charge is 0.447 e. The molecule has 7 nitrogen and oxygen atoms in total. The molecule has 3 amide bonds.